The lowest BCUT2D eigenvalue weighted by Crippen LogP contribution is -2.48. The molecule has 2 rings (SSSR count). The lowest BCUT2D eigenvalue weighted by Gasteiger charge is -2.33. The van der Waals surface area contributed by atoms with Crippen LogP contribution in [0.5, 0.6) is 0 Å². The molecule has 7 nitrogen and oxygen atoms in total. The molecule has 25 heavy (non-hydrogen) atoms. The van der Waals surface area contributed by atoms with E-state index in [0.29, 0.717) is 12.8 Å². The maximum atomic E-state index is 12.6. The third-order valence-electron chi connectivity index (χ3n) is 4.26. The third kappa shape index (κ3) is 4.92. The molecular weight excluding hydrogens is 368 g/mol. The maximum absolute atomic E-state index is 12.6. The topological polar surface area (TPSA) is 93.6 Å². The molecule has 138 valence electrons. The first-order valence-corrected chi connectivity index (χ1v) is 10.2. The third-order valence-corrected chi connectivity index (χ3v) is 6.31. The molecule has 0 unspecified atom stereocenters. The van der Waals surface area contributed by atoms with E-state index in [1.165, 1.54) is 17.2 Å². The number of ether oxygens (including phenoxy) is 1. The van der Waals surface area contributed by atoms with Crippen molar-refractivity contribution in [3.63, 3.8) is 0 Å². The van der Waals surface area contributed by atoms with Crippen LogP contribution in [0.15, 0.2) is 18.3 Å². The smallest absolute Gasteiger partial charge is 0.341 e. The van der Waals surface area contributed by atoms with Gasteiger partial charge in [0.25, 0.3) is 5.91 Å². The van der Waals surface area contributed by atoms with Crippen LogP contribution in [0.4, 0.5) is 0 Å². The van der Waals surface area contributed by atoms with Gasteiger partial charge in [-0.1, -0.05) is 18.5 Å². The average molecular weight is 389 g/mol. The Morgan fingerprint density at radius 2 is 2.20 bits per heavy atom. The highest BCUT2D eigenvalue weighted by atomic mass is 35.5. The number of hydrogen-bond donors (Lipinski definition) is 0. The molecule has 2 heterocycles. The minimum atomic E-state index is -3.12. The Kier molecular flexibility index (Phi) is 6.40. The van der Waals surface area contributed by atoms with Gasteiger partial charge in [-0.2, -0.15) is 0 Å². The van der Waals surface area contributed by atoms with Gasteiger partial charge < -0.3 is 9.64 Å². The van der Waals surface area contributed by atoms with Gasteiger partial charge >= 0.3 is 5.97 Å². The first kappa shape index (κ1) is 19.7. The average Bonchev–Trinajstić information content (AvgIpc) is 2.92. The number of carbonyl (C=O) groups excluding carboxylic acids is 2. The molecular formula is C16H21ClN2O5S. The Hall–Kier alpha value is -1.67. The van der Waals surface area contributed by atoms with E-state index in [4.69, 9.17) is 16.3 Å². The second kappa shape index (κ2) is 8.14. The van der Waals surface area contributed by atoms with Gasteiger partial charge in [-0.25, -0.2) is 18.2 Å². The Bertz CT molecular complexity index is 753. The van der Waals surface area contributed by atoms with E-state index in [2.05, 4.69) is 4.98 Å². The van der Waals surface area contributed by atoms with Gasteiger partial charge in [0.05, 0.1) is 17.1 Å². The normalized spacial score (nSPS) is 20.0. The number of aromatic nitrogens is 1. The number of esters is 1. The lowest BCUT2D eigenvalue weighted by molar-refractivity contribution is -0.138. The first-order valence-electron chi connectivity index (χ1n) is 8.04. The Labute approximate surface area is 152 Å². The molecule has 9 heteroatoms. The van der Waals surface area contributed by atoms with Gasteiger partial charge in [0.2, 0.25) is 0 Å². The van der Waals surface area contributed by atoms with Gasteiger partial charge in [-0.15, -0.1) is 0 Å². The Morgan fingerprint density at radius 1 is 1.48 bits per heavy atom. The van der Waals surface area contributed by atoms with Crippen LogP contribution < -0.4 is 0 Å². The summed E-state index contributed by atoms with van der Waals surface area (Å²) in [5, 5.41) is 0.000572. The molecule has 1 aromatic rings. The summed E-state index contributed by atoms with van der Waals surface area (Å²) in [7, 11) is -3.12. The van der Waals surface area contributed by atoms with Crippen molar-refractivity contribution in [1.82, 2.24) is 9.88 Å². The number of rotatable bonds is 6. The molecule has 0 aromatic carbocycles. The fourth-order valence-electron chi connectivity index (χ4n) is 2.82. The predicted octanol–water partition coefficient (Wildman–Crippen LogP) is 1.71. The van der Waals surface area contributed by atoms with Crippen molar-refractivity contribution in [2.24, 2.45) is 0 Å². The zero-order valence-electron chi connectivity index (χ0n) is 14.1. The van der Waals surface area contributed by atoms with Crippen LogP contribution in [0.3, 0.4) is 0 Å². The fraction of sp³-hybridized carbons (Fsp3) is 0.562. The molecule has 0 bridgehead atoms. The molecule has 0 N–H and O–H groups in total. The van der Waals surface area contributed by atoms with Crippen LogP contribution in [0.1, 0.15) is 37.0 Å². The number of amides is 1. The molecule has 1 aliphatic rings. The van der Waals surface area contributed by atoms with Crippen molar-refractivity contribution in [3.8, 4) is 0 Å². The SMILES string of the molecule is CC[C@H](C)N(C(=O)COC(=O)c1cccnc1Cl)[C@H]1CCS(=O)(=O)C1. The van der Waals surface area contributed by atoms with E-state index in [-0.39, 0.29) is 34.3 Å². The monoisotopic (exact) mass is 388 g/mol. The summed E-state index contributed by atoms with van der Waals surface area (Å²) < 4.78 is 28.5. The minimum Gasteiger partial charge on any atom is -0.452 e. The van der Waals surface area contributed by atoms with Crippen molar-refractivity contribution in [2.45, 2.75) is 38.8 Å². The van der Waals surface area contributed by atoms with Crippen LogP contribution in [0, 0.1) is 0 Å². The van der Waals surface area contributed by atoms with Crippen LogP contribution >= 0.6 is 11.6 Å². The molecule has 1 amide bonds. The van der Waals surface area contributed by atoms with Crippen molar-refractivity contribution < 1.29 is 22.7 Å². The van der Waals surface area contributed by atoms with E-state index in [1.54, 1.807) is 6.07 Å². The lowest BCUT2D eigenvalue weighted by atomic mass is 10.1. The first-order chi connectivity index (χ1) is 11.7. The van der Waals surface area contributed by atoms with Crippen molar-refractivity contribution in [1.29, 1.82) is 0 Å². The molecule has 0 radical (unpaired) electrons. The van der Waals surface area contributed by atoms with Crippen LogP contribution in [-0.2, 0) is 19.4 Å². The summed E-state index contributed by atoms with van der Waals surface area (Å²) in [6, 6.07) is 2.47. The van der Waals surface area contributed by atoms with Gasteiger partial charge in [0, 0.05) is 18.3 Å². The van der Waals surface area contributed by atoms with Crippen molar-refractivity contribution in [3.05, 3.63) is 29.0 Å². The van der Waals surface area contributed by atoms with E-state index < -0.39 is 28.3 Å². The second-order valence-corrected chi connectivity index (χ2v) is 8.62. The Balaban J connectivity index is 2.05. The highest BCUT2D eigenvalue weighted by Crippen LogP contribution is 2.22. The van der Waals surface area contributed by atoms with E-state index in [9.17, 15) is 18.0 Å². The highest BCUT2D eigenvalue weighted by molar-refractivity contribution is 7.91. The number of halogens is 1. The fourth-order valence-corrected chi connectivity index (χ4v) is 4.73. The van der Waals surface area contributed by atoms with E-state index >= 15 is 0 Å². The summed E-state index contributed by atoms with van der Waals surface area (Å²) in [6.07, 6.45) is 2.51. The minimum absolute atomic E-state index is 0.000572. The summed E-state index contributed by atoms with van der Waals surface area (Å²) in [6.45, 7) is 3.30. The maximum Gasteiger partial charge on any atom is 0.341 e. The molecule has 0 saturated carbocycles. The summed E-state index contributed by atoms with van der Waals surface area (Å²) in [4.78, 5) is 29.9. The summed E-state index contributed by atoms with van der Waals surface area (Å²) in [5.74, 6) is -1.13. The molecule has 0 spiro atoms. The van der Waals surface area contributed by atoms with E-state index in [1.807, 2.05) is 13.8 Å². The largest absolute Gasteiger partial charge is 0.452 e. The molecule has 1 fully saturated rings. The van der Waals surface area contributed by atoms with Gasteiger partial charge in [-0.3, -0.25) is 4.79 Å². The van der Waals surface area contributed by atoms with Crippen molar-refractivity contribution >= 4 is 33.3 Å². The predicted molar refractivity (Wildman–Crippen MR) is 93.2 cm³/mol. The van der Waals surface area contributed by atoms with Gasteiger partial charge in [-0.05, 0) is 31.9 Å². The standard InChI is InChI=1S/C16H21ClN2O5S/c1-3-11(2)19(12-6-8-25(22,23)10-12)14(20)9-24-16(21)13-5-4-7-18-15(13)17/h4-5,7,11-12H,3,6,8-10H2,1-2H3/t11-,12-/m0/s1. The summed E-state index contributed by atoms with van der Waals surface area (Å²) >= 11 is 5.83. The zero-order valence-corrected chi connectivity index (χ0v) is 15.7. The molecule has 2 atom stereocenters. The number of carbonyl (C=O) groups is 2. The summed E-state index contributed by atoms with van der Waals surface area (Å²) in [5.41, 5.74) is 0.0792. The van der Waals surface area contributed by atoms with Gasteiger partial charge in [0.15, 0.2) is 16.4 Å². The molecule has 1 saturated heterocycles. The number of pyridine rings is 1. The quantitative estimate of drug-likeness (QED) is 0.544. The number of nitrogens with zero attached hydrogens (tertiary/aromatic N) is 2. The van der Waals surface area contributed by atoms with E-state index in [0.717, 1.165) is 0 Å². The number of hydrogen-bond acceptors (Lipinski definition) is 6. The number of sulfone groups is 1. The van der Waals surface area contributed by atoms with Gasteiger partial charge in [0.1, 0.15) is 5.15 Å². The molecule has 0 aliphatic carbocycles. The molecule has 1 aromatic heterocycles. The zero-order chi connectivity index (χ0) is 18.6. The Morgan fingerprint density at radius 3 is 2.76 bits per heavy atom. The highest BCUT2D eigenvalue weighted by Gasteiger charge is 2.36. The second-order valence-electron chi connectivity index (χ2n) is 6.03. The van der Waals surface area contributed by atoms with Crippen molar-refractivity contribution in [2.75, 3.05) is 18.1 Å². The van der Waals surface area contributed by atoms with Crippen LogP contribution in [-0.4, -0.2) is 60.4 Å². The molecule has 1 aliphatic heterocycles. The van der Waals surface area contributed by atoms with Crippen LogP contribution in [0.2, 0.25) is 5.15 Å². The van der Waals surface area contributed by atoms with Crippen LogP contribution in [0.25, 0.3) is 0 Å².